The van der Waals surface area contributed by atoms with Crippen LogP contribution in [0.3, 0.4) is 0 Å². The van der Waals surface area contributed by atoms with Crippen LogP contribution in [0.15, 0.2) is 24.3 Å². The van der Waals surface area contributed by atoms with Gasteiger partial charge in [-0.2, -0.15) is 0 Å². The van der Waals surface area contributed by atoms with E-state index in [4.69, 9.17) is 17.0 Å². The molecule has 5 heteroatoms. The molecular formula is C14H22N2O2S. The Morgan fingerprint density at radius 3 is 2.32 bits per heavy atom. The van der Waals surface area contributed by atoms with E-state index in [0.717, 1.165) is 11.3 Å². The SMILES string of the molecule is COc1ccc(C(CO)NC(=S)NC(C)(C)C)cc1. The molecule has 0 heterocycles. The Kier molecular flexibility index (Phi) is 5.57. The number of methoxy groups -OCH3 is 1. The maximum absolute atomic E-state index is 9.47. The first-order valence-electron chi connectivity index (χ1n) is 6.19. The minimum absolute atomic E-state index is 0.0295. The standard InChI is InChI=1S/C14H22N2O2S/c1-14(2,3)16-13(19)15-12(9-17)10-5-7-11(18-4)8-6-10/h5-8,12,17H,9H2,1-4H3,(H2,15,16,19). The van der Waals surface area contributed by atoms with Gasteiger partial charge in [-0.05, 0) is 50.7 Å². The number of nitrogens with one attached hydrogen (secondary N) is 2. The lowest BCUT2D eigenvalue weighted by atomic mass is 10.1. The van der Waals surface area contributed by atoms with Crippen molar-refractivity contribution in [1.82, 2.24) is 10.6 Å². The molecule has 0 spiro atoms. The molecule has 1 aromatic rings. The number of rotatable bonds is 4. The highest BCUT2D eigenvalue weighted by molar-refractivity contribution is 7.80. The Balaban J connectivity index is 2.69. The Bertz CT molecular complexity index is 412. The second-order valence-electron chi connectivity index (χ2n) is 5.36. The Labute approximate surface area is 120 Å². The molecule has 106 valence electrons. The minimum Gasteiger partial charge on any atom is -0.497 e. The predicted molar refractivity (Wildman–Crippen MR) is 81.4 cm³/mol. The van der Waals surface area contributed by atoms with Crippen molar-refractivity contribution < 1.29 is 9.84 Å². The first-order valence-corrected chi connectivity index (χ1v) is 6.60. The van der Waals surface area contributed by atoms with Crippen molar-refractivity contribution in [3.8, 4) is 5.75 Å². The van der Waals surface area contributed by atoms with Crippen molar-refractivity contribution in [3.05, 3.63) is 29.8 Å². The third-order valence-corrected chi connectivity index (χ3v) is 2.71. The molecule has 0 aromatic heterocycles. The van der Waals surface area contributed by atoms with Crippen LogP contribution in [0.5, 0.6) is 5.75 Å². The quantitative estimate of drug-likeness (QED) is 0.737. The lowest BCUT2D eigenvalue weighted by Gasteiger charge is -2.26. The van der Waals surface area contributed by atoms with Gasteiger partial charge < -0.3 is 20.5 Å². The van der Waals surface area contributed by atoms with E-state index < -0.39 is 0 Å². The number of aliphatic hydroxyl groups excluding tert-OH is 1. The molecule has 1 unspecified atom stereocenters. The van der Waals surface area contributed by atoms with Crippen LogP contribution in [-0.4, -0.2) is 29.5 Å². The number of benzene rings is 1. The van der Waals surface area contributed by atoms with E-state index >= 15 is 0 Å². The van der Waals surface area contributed by atoms with Crippen molar-refractivity contribution in [2.45, 2.75) is 32.4 Å². The summed E-state index contributed by atoms with van der Waals surface area (Å²) in [5, 5.41) is 16.3. The van der Waals surface area contributed by atoms with Crippen LogP contribution in [0.1, 0.15) is 32.4 Å². The Morgan fingerprint density at radius 2 is 1.89 bits per heavy atom. The van der Waals surface area contributed by atoms with E-state index in [9.17, 15) is 5.11 Å². The van der Waals surface area contributed by atoms with E-state index in [2.05, 4.69) is 10.6 Å². The molecule has 3 N–H and O–H groups in total. The van der Waals surface area contributed by atoms with Gasteiger partial charge in [-0.25, -0.2) is 0 Å². The summed E-state index contributed by atoms with van der Waals surface area (Å²) in [6.07, 6.45) is 0. The zero-order valence-electron chi connectivity index (χ0n) is 11.9. The van der Waals surface area contributed by atoms with Crippen LogP contribution in [0.4, 0.5) is 0 Å². The second-order valence-corrected chi connectivity index (χ2v) is 5.77. The van der Waals surface area contributed by atoms with Gasteiger partial charge in [0, 0.05) is 5.54 Å². The van der Waals surface area contributed by atoms with Crippen molar-refractivity contribution in [2.75, 3.05) is 13.7 Å². The molecule has 0 aliphatic heterocycles. The highest BCUT2D eigenvalue weighted by Gasteiger charge is 2.15. The lowest BCUT2D eigenvalue weighted by Crippen LogP contribution is -2.47. The fourth-order valence-electron chi connectivity index (χ4n) is 1.61. The van der Waals surface area contributed by atoms with Crippen LogP contribution in [0.25, 0.3) is 0 Å². The van der Waals surface area contributed by atoms with Gasteiger partial charge in [0.2, 0.25) is 0 Å². The summed E-state index contributed by atoms with van der Waals surface area (Å²) in [4.78, 5) is 0. The number of aliphatic hydroxyl groups is 1. The molecule has 0 fully saturated rings. The summed E-state index contributed by atoms with van der Waals surface area (Å²) in [6.45, 7) is 6.06. The topological polar surface area (TPSA) is 53.5 Å². The molecule has 1 aromatic carbocycles. The molecule has 0 saturated carbocycles. The van der Waals surface area contributed by atoms with E-state index in [1.54, 1.807) is 7.11 Å². The first-order chi connectivity index (χ1) is 8.85. The molecule has 0 saturated heterocycles. The minimum atomic E-state index is -0.228. The Hall–Kier alpha value is -1.33. The highest BCUT2D eigenvalue weighted by atomic mass is 32.1. The maximum atomic E-state index is 9.47. The second kappa shape index (κ2) is 6.73. The van der Waals surface area contributed by atoms with Crippen molar-refractivity contribution in [1.29, 1.82) is 0 Å². The molecule has 0 radical (unpaired) electrons. The van der Waals surface area contributed by atoms with Crippen LogP contribution in [0.2, 0.25) is 0 Å². The molecule has 1 atom stereocenters. The fraction of sp³-hybridized carbons (Fsp3) is 0.500. The molecule has 0 aliphatic carbocycles. The summed E-state index contributed by atoms with van der Waals surface area (Å²) in [5.41, 5.74) is 0.852. The van der Waals surface area contributed by atoms with Gasteiger partial charge in [0.25, 0.3) is 0 Å². The number of thiocarbonyl (C=S) groups is 1. The molecule has 1 rings (SSSR count). The highest BCUT2D eigenvalue weighted by Crippen LogP contribution is 2.17. The average molecular weight is 282 g/mol. The third-order valence-electron chi connectivity index (χ3n) is 2.49. The van der Waals surface area contributed by atoms with Gasteiger partial charge in [0.15, 0.2) is 5.11 Å². The molecule has 0 bridgehead atoms. The van der Waals surface area contributed by atoms with Crippen LogP contribution < -0.4 is 15.4 Å². The molecule has 0 amide bonds. The largest absolute Gasteiger partial charge is 0.497 e. The zero-order valence-corrected chi connectivity index (χ0v) is 12.7. The summed E-state index contributed by atoms with van der Waals surface area (Å²) in [6, 6.07) is 7.31. The average Bonchev–Trinajstić information content (AvgIpc) is 2.34. The lowest BCUT2D eigenvalue weighted by molar-refractivity contribution is 0.256. The Morgan fingerprint density at radius 1 is 1.32 bits per heavy atom. The van der Waals surface area contributed by atoms with Crippen molar-refractivity contribution in [2.24, 2.45) is 0 Å². The molecule has 19 heavy (non-hydrogen) atoms. The summed E-state index contributed by atoms with van der Waals surface area (Å²) in [5.74, 6) is 0.788. The van der Waals surface area contributed by atoms with Crippen LogP contribution >= 0.6 is 12.2 Å². The fourth-order valence-corrected chi connectivity index (χ4v) is 2.05. The van der Waals surface area contributed by atoms with E-state index in [0.29, 0.717) is 5.11 Å². The van der Waals surface area contributed by atoms with Gasteiger partial charge in [-0.3, -0.25) is 0 Å². The smallest absolute Gasteiger partial charge is 0.167 e. The normalized spacial score (nSPS) is 12.7. The number of hydrogen-bond donors (Lipinski definition) is 3. The molecule has 4 nitrogen and oxygen atoms in total. The van der Waals surface area contributed by atoms with Crippen molar-refractivity contribution in [3.63, 3.8) is 0 Å². The summed E-state index contributed by atoms with van der Waals surface area (Å²) >= 11 is 5.24. The van der Waals surface area contributed by atoms with E-state index in [1.165, 1.54) is 0 Å². The van der Waals surface area contributed by atoms with Gasteiger partial charge in [-0.15, -0.1) is 0 Å². The van der Waals surface area contributed by atoms with Gasteiger partial charge >= 0.3 is 0 Å². The van der Waals surface area contributed by atoms with Crippen LogP contribution in [-0.2, 0) is 0 Å². The summed E-state index contributed by atoms with van der Waals surface area (Å²) < 4.78 is 5.11. The molecular weight excluding hydrogens is 260 g/mol. The number of hydrogen-bond acceptors (Lipinski definition) is 3. The maximum Gasteiger partial charge on any atom is 0.167 e. The van der Waals surface area contributed by atoms with E-state index in [1.807, 2.05) is 45.0 Å². The summed E-state index contributed by atoms with van der Waals surface area (Å²) in [7, 11) is 1.62. The van der Waals surface area contributed by atoms with E-state index in [-0.39, 0.29) is 18.2 Å². The van der Waals surface area contributed by atoms with Crippen LogP contribution in [0, 0.1) is 0 Å². The number of ether oxygens (including phenoxy) is 1. The van der Waals surface area contributed by atoms with Gasteiger partial charge in [-0.1, -0.05) is 12.1 Å². The van der Waals surface area contributed by atoms with Gasteiger partial charge in [0.05, 0.1) is 19.8 Å². The first kappa shape index (κ1) is 15.7. The molecule has 0 aliphatic rings. The third kappa shape index (κ3) is 5.44. The van der Waals surface area contributed by atoms with Crippen molar-refractivity contribution >= 4 is 17.3 Å². The zero-order chi connectivity index (χ0) is 14.5. The van der Waals surface area contributed by atoms with Gasteiger partial charge in [0.1, 0.15) is 5.75 Å². The monoisotopic (exact) mass is 282 g/mol. The predicted octanol–water partition coefficient (Wildman–Crippen LogP) is 1.99.